The Bertz CT molecular complexity index is 1190. The molecule has 0 aliphatic rings. The van der Waals surface area contributed by atoms with Crippen LogP contribution in [0.2, 0.25) is 0 Å². The highest BCUT2D eigenvalue weighted by atomic mass is 16.6. The molecule has 4 rings (SSSR count). The number of carbonyl (C=O) groups is 1. The van der Waals surface area contributed by atoms with Crippen molar-refractivity contribution in [2.24, 2.45) is 0 Å². The molecule has 0 amide bonds. The summed E-state index contributed by atoms with van der Waals surface area (Å²) in [6.07, 6.45) is 0. The van der Waals surface area contributed by atoms with Gasteiger partial charge in [0, 0.05) is 23.3 Å². The van der Waals surface area contributed by atoms with E-state index in [-0.39, 0.29) is 24.0 Å². The third kappa shape index (κ3) is 4.09. The fourth-order valence-electron chi connectivity index (χ4n) is 2.68. The molecule has 0 aliphatic heterocycles. The monoisotopic (exact) mass is 405 g/mol. The zero-order chi connectivity index (χ0) is 21.1. The minimum Gasteiger partial charge on any atom is -0.486 e. The molecule has 150 valence electrons. The maximum atomic E-state index is 11.3. The van der Waals surface area contributed by atoms with Gasteiger partial charge in [0.1, 0.15) is 18.1 Å². The smallest absolute Gasteiger partial charge is 0.293 e. The predicted molar refractivity (Wildman–Crippen MR) is 105 cm³/mol. The highest BCUT2D eigenvalue weighted by Crippen LogP contribution is 2.26. The summed E-state index contributed by atoms with van der Waals surface area (Å²) in [5, 5.41) is 14.6. The normalized spacial score (nSPS) is 10.7. The van der Waals surface area contributed by atoms with E-state index in [1.807, 2.05) is 0 Å². The van der Waals surface area contributed by atoms with Gasteiger partial charge in [-0.15, -0.1) is 0 Å². The van der Waals surface area contributed by atoms with Crippen molar-refractivity contribution in [1.29, 1.82) is 0 Å². The van der Waals surface area contributed by atoms with Gasteiger partial charge in [-0.2, -0.15) is 4.98 Å². The molecule has 2 aromatic carbocycles. The molecular weight excluding hydrogens is 390 g/mol. The first-order chi connectivity index (χ1) is 14.5. The number of Topliss-reactive ketones (excluding diaryl/α,β-unsaturated/α-hetero) is 1. The summed E-state index contributed by atoms with van der Waals surface area (Å²) in [5.74, 6) is 2.00. The van der Waals surface area contributed by atoms with Crippen molar-refractivity contribution >= 4 is 11.5 Å². The quantitative estimate of drug-likeness (QED) is 0.247. The van der Waals surface area contributed by atoms with Crippen LogP contribution in [-0.2, 0) is 6.61 Å². The number of hydrogen-bond donors (Lipinski definition) is 0. The van der Waals surface area contributed by atoms with Crippen molar-refractivity contribution in [2.75, 3.05) is 0 Å². The van der Waals surface area contributed by atoms with Crippen molar-refractivity contribution in [3.8, 4) is 28.8 Å². The lowest BCUT2D eigenvalue weighted by Gasteiger charge is -2.04. The van der Waals surface area contributed by atoms with Gasteiger partial charge in [0.25, 0.3) is 11.6 Å². The summed E-state index contributed by atoms with van der Waals surface area (Å²) in [6.45, 7) is 1.69. The summed E-state index contributed by atoms with van der Waals surface area (Å²) in [7, 11) is 0. The molecule has 0 saturated carbocycles. The lowest BCUT2D eigenvalue weighted by atomic mass is 10.1. The van der Waals surface area contributed by atoms with E-state index in [1.54, 1.807) is 48.5 Å². The number of nitrogens with zero attached hydrogens (tertiary/aromatic N) is 3. The molecule has 0 bridgehead atoms. The number of non-ortho nitro benzene ring substituents is 1. The van der Waals surface area contributed by atoms with E-state index in [0.29, 0.717) is 34.2 Å². The Hall–Kier alpha value is -4.27. The zero-order valence-electron chi connectivity index (χ0n) is 15.8. The molecule has 0 aliphatic carbocycles. The molecule has 4 aromatic rings. The van der Waals surface area contributed by atoms with Gasteiger partial charge in [-0.05, 0) is 55.5 Å². The number of hydrogen-bond acceptors (Lipinski definition) is 8. The zero-order valence-corrected chi connectivity index (χ0v) is 15.8. The maximum Gasteiger partial charge on any atom is 0.293 e. The number of benzene rings is 2. The average molecular weight is 405 g/mol. The minimum atomic E-state index is -0.477. The standard InChI is InChI=1S/C21H15N3O6/c1-13(25)14-4-8-17(9-5-14)28-12-18-10-11-19(29-18)21-22-20(23-30-21)15-2-6-16(7-3-15)24(26)27/h2-11H,12H2,1H3. The average Bonchev–Trinajstić information content (AvgIpc) is 3.42. The molecule has 2 aromatic heterocycles. The van der Waals surface area contributed by atoms with Gasteiger partial charge in [-0.25, -0.2) is 0 Å². The molecule has 9 heteroatoms. The first-order valence-corrected chi connectivity index (χ1v) is 8.91. The van der Waals surface area contributed by atoms with Crippen molar-refractivity contribution in [2.45, 2.75) is 13.5 Å². The Balaban J connectivity index is 1.42. The molecule has 9 nitrogen and oxygen atoms in total. The number of rotatable bonds is 7. The molecule has 0 spiro atoms. The number of ether oxygens (including phenoxy) is 1. The second-order valence-corrected chi connectivity index (χ2v) is 6.36. The second-order valence-electron chi connectivity index (χ2n) is 6.36. The molecule has 2 heterocycles. The number of ketones is 1. The van der Waals surface area contributed by atoms with E-state index in [9.17, 15) is 14.9 Å². The van der Waals surface area contributed by atoms with E-state index in [0.717, 1.165) is 0 Å². The van der Waals surface area contributed by atoms with E-state index >= 15 is 0 Å². The third-order valence-electron chi connectivity index (χ3n) is 4.28. The second kappa shape index (κ2) is 8.00. The van der Waals surface area contributed by atoms with Crippen LogP contribution in [0.15, 0.2) is 69.6 Å². The van der Waals surface area contributed by atoms with Crippen molar-refractivity contribution in [3.05, 3.63) is 82.1 Å². The fourth-order valence-corrected chi connectivity index (χ4v) is 2.68. The van der Waals surface area contributed by atoms with E-state index in [1.165, 1.54) is 19.1 Å². The van der Waals surface area contributed by atoms with Crippen LogP contribution in [0.4, 0.5) is 5.69 Å². The van der Waals surface area contributed by atoms with Gasteiger partial charge in [-0.1, -0.05) is 5.16 Å². The van der Waals surface area contributed by atoms with E-state index < -0.39 is 4.92 Å². The first kappa shape index (κ1) is 19.1. The molecule has 0 saturated heterocycles. The summed E-state index contributed by atoms with van der Waals surface area (Å²) < 4.78 is 16.6. The lowest BCUT2D eigenvalue weighted by Crippen LogP contribution is -1.95. The Morgan fingerprint density at radius 3 is 2.47 bits per heavy atom. The van der Waals surface area contributed by atoms with Crippen LogP contribution in [0.25, 0.3) is 23.0 Å². The van der Waals surface area contributed by atoms with Crippen LogP contribution in [-0.4, -0.2) is 20.8 Å². The van der Waals surface area contributed by atoms with Gasteiger partial charge in [0.2, 0.25) is 5.82 Å². The van der Waals surface area contributed by atoms with Crippen LogP contribution >= 0.6 is 0 Å². The molecule has 0 N–H and O–H groups in total. The number of furan rings is 1. The molecule has 0 unspecified atom stereocenters. The van der Waals surface area contributed by atoms with Crippen LogP contribution < -0.4 is 4.74 Å². The molecule has 0 radical (unpaired) electrons. The Labute approximate surface area is 170 Å². The van der Waals surface area contributed by atoms with Crippen molar-refractivity contribution < 1.29 is 23.4 Å². The van der Waals surface area contributed by atoms with Gasteiger partial charge < -0.3 is 13.7 Å². The van der Waals surface area contributed by atoms with Crippen LogP contribution in [0, 0.1) is 10.1 Å². The molecule has 0 atom stereocenters. The fraction of sp³-hybridized carbons (Fsp3) is 0.0952. The van der Waals surface area contributed by atoms with Crippen LogP contribution in [0.1, 0.15) is 23.0 Å². The number of carbonyl (C=O) groups excluding carboxylic acids is 1. The van der Waals surface area contributed by atoms with Crippen LogP contribution in [0.3, 0.4) is 0 Å². The van der Waals surface area contributed by atoms with Crippen molar-refractivity contribution in [3.63, 3.8) is 0 Å². The summed E-state index contributed by atoms with van der Waals surface area (Å²) >= 11 is 0. The van der Waals surface area contributed by atoms with Gasteiger partial charge in [-0.3, -0.25) is 14.9 Å². The maximum absolute atomic E-state index is 11.3. The number of nitro groups is 1. The van der Waals surface area contributed by atoms with E-state index in [4.69, 9.17) is 13.7 Å². The van der Waals surface area contributed by atoms with Crippen molar-refractivity contribution in [1.82, 2.24) is 10.1 Å². The lowest BCUT2D eigenvalue weighted by molar-refractivity contribution is -0.384. The van der Waals surface area contributed by atoms with Gasteiger partial charge in [0.05, 0.1) is 4.92 Å². The Morgan fingerprint density at radius 1 is 1.07 bits per heavy atom. The van der Waals surface area contributed by atoms with Gasteiger partial charge in [0.15, 0.2) is 11.5 Å². The summed E-state index contributed by atoms with van der Waals surface area (Å²) in [5.41, 5.74) is 1.18. The highest BCUT2D eigenvalue weighted by Gasteiger charge is 2.15. The third-order valence-corrected chi connectivity index (χ3v) is 4.28. The van der Waals surface area contributed by atoms with Crippen LogP contribution in [0.5, 0.6) is 5.75 Å². The highest BCUT2D eigenvalue weighted by molar-refractivity contribution is 5.94. The number of nitro benzene ring substituents is 1. The SMILES string of the molecule is CC(=O)c1ccc(OCc2ccc(-c3nc(-c4ccc([N+](=O)[O-])cc4)no3)o2)cc1. The van der Waals surface area contributed by atoms with E-state index in [2.05, 4.69) is 10.1 Å². The number of aromatic nitrogens is 2. The first-order valence-electron chi connectivity index (χ1n) is 8.91. The molecule has 0 fully saturated rings. The predicted octanol–water partition coefficient (Wildman–Crippen LogP) is 4.69. The Kier molecular flexibility index (Phi) is 5.08. The largest absolute Gasteiger partial charge is 0.486 e. The topological polar surface area (TPSA) is 122 Å². The Morgan fingerprint density at radius 2 is 1.80 bits per heavy atom. The summed E-state index contributed by atoms with van der Waals surface area (Å²) in [6, 6.07) is 16.1. The molecular formula is C21H15N3O6. The van der Waals surface area contributed by atoms with Gasteiger partial charge >= 0.3 is 0 Å². The summed E-state index contributed by atoms with van der Waals surface area (Å²) in [4.78, 5) is 25.8. The molecule has 30 heavy (non-hydrogen) atoms. The minimum absolute atomic E-state index is 0.00937.